The predicted octanol–water partition coefficient (Wildman–Crippen LogP) is 2.58. The van der Waals surface area contributed by atoms with Crippen molar-refractivity contribution >= 4 is 6.21 Å². The van der Waals surface area contributed by atoms with Gasteiger partial charge in [-0.3, -0.25) is 0 Å². The molecule has 0 atom stereocenters. The molecule has 0 aliphatic heterocycles. The van der Waals surface area contributed by atoms with Crippen LogP contribution >= 0.6 is 0 Å². The molecule has 1 aromatic rings. The average Bonchev–Trinajstić information content (AvgIpc) is 2.17. The zero-order valence-electron chi connectivity index (χ0n) is 9.11. The smallest absolute Gasteiger partial charge is 0.139 e. The molecule has 0 heterocycles. The fourth-order valence-corrected chi connectivity index (χ4v) is 0.832. The number of hydrogen-bond donors (Lipinski definition) is 0. The van der Waals surface area contributed by atoms with Crippen LogP contribution < -0.4 is 0 Å². The summed E-state index contributed by atoms with van der Waals surface area (Å²) in [6.45, 7) is 5.74. The van der Waals surface area contributed by atoms with Crippen LogP contribution in [0.4, 0.5) is 0 Å². The Morgan fingerprint density at radius 2 is 1.67 bits per heavy atom. The van der Waals surface area contributed by atoms with E-state index in [2.05, 4.69) is 11.4 Å². The van der Waals surface area contributed by atoms with Crippen LogP contribution in [-0.2, 0) is 4.84 Å². The molecule has 0 saturated heterocycles. The van der Waals surface area contributed by atoms with E-state index in [9.17, 15) is 0 Å². The second kappa shape index (κ2) is 4.61. The lowest BCUT2D eigenvalue weighted by Gasteiger charge is -2.14. The largest absolute Gasteiger partial charge is 0.390 e. The summed E-state index contributed by atoms with van der Waals surface area (Å²) in [7, 11) is 0. The van der Waals surface area contributed by atoms with Gasteiger partial charge in [0.1, 0.15) is 11.8 Å². The van der Waals surface area contributed by atoms with Crippen LogP contribution in [0.25, 0.3) is 0 Å². The van der Waals surface area contributed by atoms with Crippen molar-refractivity contribution in [3.63, 3.8) is 0 Å². The van der Waals surface area contributed by atoms with Gasteiger partial charge in [-0.25, -0.2) is 0 Å². The van der Waals surface area contributed by atoms with E-state index in [1.165, 1.54) is 0 Å². The number of rotatable bonds is 2. The summed E-state index contributed by atoms with van der Waals surface area (Å²) in [5.41, 5.74) is 1.11. The Morgan fingerprint density at radius 1 is 1.13 bits per heavy atom. The molecular formula is C12H13N2O. The van der Waals surface area contributed by atoms with Gasteiger partial charge >= 0.3 is 0 Å². The summed E-state index contributed by atoms with van der Waals surface area (Å²) in [4.78, 5) is 5.14. The molecule has 0 bridgehead atoms. The van der Waals surface area contributed by atoms with Gasteiger partial charge in [0.25, 0.3) is 0 Å². The van der Waals surface area contributed by atoms with Gasteiger partial charge < -0.3 is 4.84 Å². The minimum absolute atomic E-state index is 0.306. The summed E-state index contributed by atoms with van der Waals surface area (Å²) >= 11 is 0. The molecule has 0 spiro atoms. The molecule has 3 nitrogen and oxygen atoms in total. The van der Waals surface area contributed by atoms with Crippen molar-refractivity contribution in [2.75, 3.05) is 0 Å². The Labute approximate surface area is 90.0 Å². The third kappa shape index (κ3) is 4.28. The van der Waals surface area contributed by atoms with Crippen LogP contribution in [0, 0.1) is 11.3 Å². The van der Waals surface area contributed by atoms with Gasteiger partial charge in [0.15, 0.2) is 0 Å². The molecule has 0 amide bonds. The first-order chi connectivity index (χ1) is 7.01. The first-order valence-corrected chi connectivity index (χ1v) is 4.66. The zero-order valence-corrected chi connectivity index (χ0v) is 9.11. The summed E-state index contributed by atoms with van der Waals surface area (Å²) in [5.74, 6) is 0. The van der Waals surface area contributed by atoms with Gasteiger partial charge in [0.2, 0.25) is 0 Å². The van der Waals surface area contributed by atoms with Crippen molar-refractivity contribution in [2.24, 2.45) is 5.16 Å². The third-order valence-electron chi connectivity index (χ3n) is 1.51. The Morgan fingerprint density at radius 3 is 2.13 bits per heavy atom. The van der Waals surface area contributed by atoms with Crippen LogP contribution in [0.5, 0.6) is 0 Å². The highest BCUT2D eigenvalue weighted by molar-refractivity contribution is 5.79. The quantitative estimate of drug-likeness (QED) is 0.545. The molecule has 0 saturated carbocycles. The second-order valence-electron chi connectivity index (χ2n) is 4.10. The molecule has 1 rings (SSSR count). The third-order valence-corrected chi connectivity index (χ3v) is 1.51. The summed E-state index contributed by atoms with van der Waals surface area (Å²) < 4.78 is 0. The fourth-order valence-electron chi connectivity index (χ4n) is 0.832. The molecule has 0 N–H and O–H groups in total. The Bertz CT molecular complexity index is 380. The van der Waals surface area contributed by atoms with Gasteiger partial charge in [0.05, 0.1) is 11.6 Å². The summed E-state index contributed by atoms with van der Waals surface area (Å²) in [5, 5.41) is 12.3. The topological polar surface area (TPSA) is 45.4 Å². The molecular weight excluding hydrogens is 188 g/mol. The molecule has 0 aliphatic carbocycles. The maximum Gasteiger partial charge on any atom is 0.139 e. The molecule has 1 aromatic carbocycles. The average molecular weight is 201 g/mol. The first-order valence-electron chi connectivity index (χ1n) is 4.66. The molecule has 0 unspecified atom stereocenters. The lowest BCUT2D eigenvalue weighted by atomic mass is 10.2. The maximum absolute atomic E-state index is 8.59. The van der Waals surface area contributed by atoms with Crippen LogP contribution in [0.2, 0.25) is 0 Å². The monoisotopic (exact) mass is 201 g/mol. The lowest BCUT2D eigenvalue weighted by Crippen LogP contribution is -2.15. The van der Waals surface area contributed by atoms with Crippen molar-refractivity contribution in [1.29, 1.82) is 5.26 Å². The minimum Gasteiger partial charge on any atom is -0.390 e. The van der Waals surface area contributed by atoms with E-state index in [1.54, 1.807) is 24.3 Å². The van der Waals surface area contributed by atoms with Crippen molar-refractivity contribution in [3.05, 3.63) is 35.4 Å². The van der Waals surface area contributed by atoms with Crippen LogP contribution in [-0.4, -0.2) is 11.8 Å². The molecule has 0 aromatic heterocycles. The lowest BCUT2D eigenvalue weighted by molar-refractivity contribution is 0.00199. The first kappa shape index (κ1) is 11.3. The predicted molar refractivity (Wildman–Crippen MR) is 58.5 cm³/mol. The van der Waals surface area contributed by atoms with Crippen LogP contribution in [0.1, 0.15) is 31.9 Å². The van der Waals surface area contributed by atoms with E-state index in [0.717, 1.165) is 5.56 Å². The number of hydrogen-bond acceptors (Lipinski definition) is 3. The summed E-state index contributed by atoms with van der Waals surface area (Å²) in [6.07, 6.45) is 2.75. The number of nitriles is 1. The maximum atomic E-state index is 8.59. The van der Waals surface area contributed by atoms with Gasteiger partial charge in [0, 0.05) is 5.56 Å². The molecule has 77 valence electrons. The van der Waals surface area contributed by atoms with E-state index >= 15 is 0 Å². The van der Waals surface area contributed by atoms with Crippen molar-refractivity contribution in [3.8, 4) is 6.07 Å². The highest BCUT2D eigenvalue weighted by Gasteiger charge is 2.09. The Hall–Kier alpha value is -1.82. The van der Waals surface area contributed by atoms with Gasteiger partial charge in [-0.15, -0.1) is 0 Å². The SMILES string of the molecule is CC(C)(C)O/N=[C]/c1ccc(C#N)cc1. The normalized spacial score (nSPS) is 11.3. The van der Waals surface area contributed by atoms with E-state index < -0.39 is 0 Å². The molecule has 0 fully saturated rings. The van der Waals surface area contributed by atoms with Crippen LogP contribution in [0.3, 0.4) is 0 Å². The van der Waals surface area contributed by atoms with Gasteiger partial charge in [-0.05, 0) is 32.9 Å². The Balaban J connectivity index is 2.62. The highest BCUT2D eigenvalue weighted by Crippen LogP contribution is 2.07. The second-order valence-corrected chi connectivity index (χ2v) is 4.10. The molecule has 0 aliphatic rings. The van der Waals surface area contributed by atoms with Crippen LogP contribution in [0.15, 0.2) is 29.4 Å². The molecule has 15 heavy (non-hydrogen) atoms. The van der Waals surface area contributed by atoms with Crippen molar-refractivity contribution < 1.29 is 4.84 Å². The van der Waals surface area contributed by atoms with Gasteiger partial charge in [-0.1, -0.05) is 17.3 Å². The Kier molecular flexibility index (Phi) is 3.46. The van der Waals surface area contributed by atoms with Crippen molar-refractivity contribution in [2.45, 2.75) is 26.4 Å². The summed E-state index contributed by atoms with van der Waals surface area (Å²) in [6, 6.07) is 9.02. The van der Waals surface area contributed by atoms with E-state index in [4.69, 9.17) is 10.1 Å². The minimum atomic E-state index is -0.306. The highest BCUT2D eigenvalue weighted by atomic mass is 16.6. The van der Waals surface area contributed by atoms with Gasteiger partial charge in [-0.2, -0.15) is 5.26 Å². The van der Waals surface area contributed by atoms with E-state index in [0.29, 0.717) is 5.56 Å². The van der Waals surface area contributed by atoms with E-state index in [1.807, 2.05) is 26.8 Å². The zero-order chi connectivity index (χ0) is 11.3. The fraction of sp³-hybridized carbons (Fsp3) is 0.333. The van der Waals surface area contributed by atoms with Crippen molar-refractivity contribution in [1.82, 2.24) is 0 Å². The number of benzene rings is 1. The standard InChI is InChI=1S/C12H13N2O/c1-12(2,3)15-14-9-11-6-4-10(8-13)5-7-11/h4-7H,1-3H3. The number of nitrogens with zero attached hydrogens (tertiary/aromatic N) is 2. The molecule has 1 radical (unpaired) electrons. The van der Waals surface area contributed by atoms with E-state index in [-0.39, 0.29) is 5.60 Å². The molecule has 3 heteroatoms.